The summed E-state index contributed by atoms with van der Waals surface area (Å²) in [5.74, 6) is -2.11. The van der Waals surface area contributed by atoms with Crippen molar-refractivity contribution in [2.45, 2.75) is 31.9 Å². The van der Waals surface area contributed by atoms with Gasteiger partial charge in [0.05, 0.1) is 6.10 Å². The lowest BCUT2D eigenvalue weighted by Gasteiger charge is -2.28. The number of hydrogen-bond acceptors (Lipinski definition) is 4. The zero-order valence-electron chi connectivity index (χ0n) is 10.0. The first-order valence-corrected chi connectivity index (χ1v) is 5.84. The quantitative estimate of drug-likeness (QED) is 0.862. The number of hydrogen-bond donors (Lipinski definition) is 2. The molecule has 0 spiro atoms. The van der Waals surface area contributed by atoms with E-state index in [2.05, 4.69) is 10.3 Å². The highest BCUT2D eigenvalue weighted by molar-refractivity contribution is 5.88. The number of carboxylic acid groups (broad SMARTS) is 1. The summed E-state index contributed by atoms with van der Waals surface area (Å²) in [6, 6.07) is 1.20. The zero-order chi connectivity index (χ0) is 13.1. The molecule has 0 amide bonds. The summed E-state index contributed by atoms with van der Waals surface area (Å²) < 4.78 is 19.2. The number of carboxylic acids is 1. The molecule has 98 valence electrons. The topological polar surface area (TPSA) is 71.5 Å². The summed E-state index contributed by atoms with van der Waals surface area (Å²) in [4.78, 5) is 14.7. The first kappa shape index (κ1) is 12.8. The largest absolute Gasteiger partial charge is 0.478 e. The minimum Gasteiger partial charge on any atom is -0.478 e. The van der Waals surface area contributed by atoms with Crippen LogP contribution in [0.1, 0.15) is 30.1 Å². The van der Waals surface area contributed by atoms with Crippen molar-refractivity contribution in [3.8, 4) is 0 Å². The van der Waals surface area contributed by atoms with E-state index in [0.29, 0.717) is 6.61 Å². The Morgan fingerprint density at radius 2 is 2.44 bits per heavy atom. The van der Waals surface area contributed by atoms with Crippen molar-refractivity contribution in [2.75, 3.05) is 11.9 Å². The van der Waals surface area contributed by atoms with Crippen molar-refractivity contribution in [3.63, 3.8) is 0 Å². The van der Waals surface area contributed by atoms with Crippen LogP contribution >= 0.6 is 0 Å². The van der Waals surface area contributed by atoms with Crippen LogP contribution in [0.25, 0.3) is 0 Å². The van der Waals surface area contributed by atoms with Gasteiger partial charge in [0.1, 0.15) is 5.56 Å². The molecule has 0 aromatic carbocycles. The van der Waals surface area contributed by atoms with Crippen LogP contribution in [0.15, 0.2) is 12.3 Å². The lowest BCUT2D eigenvalue weighted by Crippen LogP contribution is -2.33. The average Bonchev–Trinajstić information content (AvgIpc) is 2.31. The van der Waals surface area contributed by atoms with Crippen LogP contribution in [0.3, 0.4) is 0 Å². The maximum absolute atomic E-state index is 13.8. The number of anilines is 1. The molecule has 0 saturated carbocycles. The minimum absolute atomic E-state index is 0.00556. The molecule has 2 atom stereocenters. The number of aromatic carboxylic acids is 1. The normalized spacial score (nSPS) is 23.7. The third-order valence-electron chi connectivity index (χ3n) is 2.95. The SMILES string of the molecule is CC1CC(Nc2nccc(C(=O)O)c2F)CCO1. The molecule has 1 aliphatic rings. The van der Waals surface area contributed by atoms with Crippen LogP contribution in [-0.2, 0) is 4.74 Å². The predicted octanol–water partition coefficient (Wildman–Crippen LogP) is 1.90. The van der Waals surface area contributed by atoms with Crippen molar-refractivity contribution in [1.82, 2.24) is 4.98 Å². The van der Waals surface area contributed by atoms with Gasteiger partial charge in [-0.05, 0) is 25.8 Å². The van der Waals surface area contributed by atoms with Crippen molar-refractivity contribution in [3.05, 3.63) is 23.6 Å². The number of carbonyl (C=O) groups is 1. The van der Waals surface area contributed by atoms with Gasteiger partial charge in [0.2, 0.25) is 0 Å². The third kappa shape index (κ3) is 2.76. The number of halogens is 1. The Kier molecular flexibility index (Phi) is 3.76. The molecule has 18 heavy (non-hydrogen) atoms. The van der Waals surface area contributed by atoms with E-state index in [9.17, 15) is 9.18 Å². The average molecular weight is 254 g/mol. The Morgan fingerprint density at radius 1 is 1.67 bits per heavy atom. The van der Waals surface area contributed by atoms with E-state index in [0.717, 1.165) is 18.9 Å². The van der Waals surface area contributed by atoms with E-state index in [1.54, 1.807) is 0 Å². The summed E-state index contributed by atoms with van der Waals surface area (Å²) in [6.07, 6.45) is 2.90. The van der Waals surface area contributed by atoms with E-state index < -0.39 is 11.8 Å². The first-order valence-electron chi connectivity index (χ1n) is 5.84. The Hall–Kier alpha value is -1.69. The van der Waals surface area contributed by atoms with E-state index in [-0.39, 0.29) is 23.5 Å². The zero-order valence-corrected chi connectivity index (χ0v) is 10.0. The standard InChI is InChI=1S/C12H15FN2O3/c1-7-6-8(3-5-18-7)15-11-10(13)9(12(16)17)2-4-14-11/h2,4,7-8H,3,5-6H2,1H3,(H,14,15)(H,16,17). The van der Waals surface area contributed by atoms with E-state index >= 15 is 0 Å². The van der Waals surface area contributed by atoms with Gasteiger partial charge in [0.25, 0.3) is 0 Å². The van der Waals surface area contributed by atoms with Crippen LogP contribution in [-0.4, -0.2) is 34.8 Å². The number of nitrogens with one attached hydrogen (secondary N) is 1. The molecule has 1 aliphatic heterocycles. The fourth-order valence-corrected chi connectivity index (χ4v) is 2.03. The number of aromatic nitrogens is 1. The molecule has 5 nitrogen and oxygen atoms in total. The van der Waals surface area contributed by atoms with Crippen LogP contribution in [0.5, 0.6) is 0 Å². The number of pyridine rings is 1. The Labute approximate surface area is 104 Å². The number of rotatable bonds is 3. The van der Waals surface area contributed by atoms with Gasteiger partial charge in [0.15, 0.2) is 11.6 Å². The van der Waals surface area contributed by atoms with Crippen LogP contribution in [0, 0.1) is 5.82 Å². The predicted molar refractivity (Wildman–Crippen MR) is 63.2 cm³/mol. The van der Waals surface area contributed by atoms with Gasteiger partial charge < -0.3 is 15.2 Å². The van der Waals surface area contributed by atoms with Crippen LogP contribution < -0.4 is 5.32 Å². The molecule has 2 N–H and O–H groups in total. The lowest BCUT2D eigenvalue weighted by atomic mass is 10.0. The Bertz CT molecular complexity index is 453. The third-order valence-corrected chi connectivity index (χ3v) is 2.95. The summed E-state index contributed by atoms with van der Waals surface area (Å²) >= 11 is 0. The summed E-state index contributed by atoms with van der Waals surface area (Å²) in [7, 11) is 0. The highest BCUT2D eigenvalue weighted by atomic mass is 19.1. The molecule has 2 unspecified atom stereocenters. The number of ether oxygens (including phenoxy) is 1. The van der Waals surface area contributed by atoms with E-state index in [1.807, 2.05) is 6.92 Å². The monoisotopic (exact) mass is 254 g/mol. The van der Waals surface area contributed by atoms with Crippen molar-refractivity contribution < 1.29 is 19.0 Å². The second-order valence-corrected chi connectivity index (χ2v) is 4.37. The first-order chi connectivity index (χ1) is 8.58. The maximum atomic E-state index is 13.8. The molecule has 0 bridgehead atoms. The van der Waals surface area contributed by atoms with E-state index in [4.69, 9.17) is 9.84 Å². The second-order valence-electron chi connectivity index (χ2n) is 4.37. The fourth-order valence-electron chi connectivity index (χ4n) is 2.03. The summed E-state index contributed by atoms with van der Waals surface area (Å²) in [5.41, 5.74) is -0.368. The molecule has 2 heterocycles. The van der Waals surface area contributed by atoms with Crippen LogP contribution in [0.2, 0.25) is 0 Å². The molecule has 0 aliphatic carbocycles. The van der Waals surface area contributed by atoms with Gasteiger partial charge in [-0.3, -0.25) is 0 Å². The molecule has 1 fully saturated rings. The smallest absolute Gasteiger partial charge is 0.338 e. The molecular formula is C12H15FN2O3. The molecule has 1 saturated heterocycles. The van der Waals surface area contributed by atoms with Gasteiger partial charge in [0, 0.05) is 18.8 Å². The van der Waals surface area contributed by atoms with Gasteiger partial charge >= 0.3 is 5.97 Å². The highest BCUT2D eigenvalue weighted by Crippen LogP contribution is 2.21. The molecule has 1 aromatic rings. The summed E-state index contributed by atoms with van der Waals surface area (Å²) in [5, 5.41) is 11.8. The van der Waals surface area contributed by atoms with Crippen LogP contribution in [0.4, 0.5) is 10.2 Å². The second kappa shape index (κ2) is 5.30. The Balaban J connectivity index is 2.14. The van der Waals surface area contributed by atoms with Gasteiger partial charge in [-0.25, -0.2) is 14.2 Å². The fraction of sp³-hybridized carbons (Fsp3) is 0.500. The minimum atomic E-state index is -1.29. The van der Waals surface area contributed by atoms with E-state index in [1.165, 1.54) is 6.20 Å². The molecular weight excluding hydrogens is 239 g/mol. The molecule has 2 rings (SSSR count). The van der Waals surface area contributed by atoms with Gasteiger partial charge in [-0.15, -0.1) is 0 Å². The Morgan fingerprint density at radius 3 is 3.11 bits per heavy atom. The van der Waals surface area contributed by atoms with Gasteiger partial charge in [-0.2, -0.15) is 0 Å². The molecule has 1 aromatic heterocycles. The lowest BCUT2D eigenvalue weighted by molar-refractivity contribution is 0.0231. The molecule has 6 heteroatoms. The van der Waals surface area contributed by atoms with Gasteiger partial charge in [-0.1, -0.05) is 0 Å². The maximum Gasteiger partial charge on any atom is 0.338 e. The highest BCUT2D eigenvalue weighted by Gasteiger charge is 2.22. The number of nitrogens with zero attached hydrogens (tertiary/aromatic N) is 1. The van der Waals surface area contributed by atoms with Crippen molar-refractivity contribution in [1.29, 1.82) is 0 Å². The van der Waals surface area contributed by atoms with Crippen molar-refractivity contribution in [2.24, 2.45) is 0 Å². The summed E-state index contributed by atoms with van der Waals surface area (Å²) in [6.45, 7) is 2.56. The van der Waals surface area contributed by atoms with Crippen molar-refractivity contribution >= 4 is 11.8 Å². The molecule has 0 radical (unpaired) electrons.